The van der Waals surface area contributed by atoms with Crippen LogP contribution in [0.3, 0.4) is 0 Å². The summed E-state index contributed by atoms with van der Waals surface area (Å²) in [5.74, 6) is 0.491. The largest absolute Gasteiger partial charge is 0.422 e. The molecule has 0 bridgehead atoms. The van der Waals surface area contributed by atoms with Crippen LogP contribution in [-0.2, 0) is 0 Å². The molecule has 0 radical (unpaired) electrons. The lowest BCUT2D eigenvalue weighted by Gasteiger charge is -2.08. The zero-order chi connectivity index (χ0) is 13.9. The molecule has 96 valence electrons. The Morgan fingerprint density at radius 1 is 1.10 bits per heavy atom. The molecule has 3 rings (SSSR count). The van der Waals surface area contributed by atoms with Gasteiger partial charge in [0.05, 0.1) is 0 Å². The van der Waals surface area contributed by atoms with Crippen molar-refractivity contribution in [1.82, 2.24) is 15.0 Å². The van der Waals surface area contributed by atoms with Crippen LogP contribution in [0.2, 0.25) is 0 Å². The van der Waals surface area contributed by atoms with Gasteiger partial charge in [0, 0.05) is 23.5 Å². The highest BCUT2D eigenvalue weighted by atomic mass is 16.5. The second-order valence-corrected chi connectivity index (χ2v) is 3.99. The summed E-state index contributed by atoms with van der Waals surface area (Å²) in [6, 6.07) is 10.6. The van der Waals surface area contributed by atoms with E-state index in [1.54, 1.807) is 24.4 Å². The molecule has 0 atom stereocenters. The Kier molecular flexibility index (Phi) is 2.86. The number of nitrogen functional groups attached to an aromatic ring is 1. The topological polar surface area (TPSA) is 97.7 Å². The highest BCUT2D eigenvalue weighted by molar-refractivity contribution is 5.94. The molecule has 6 heteroatoms. The number of nitrogens with zero attached hydrogens (tertiary/aromatic N) is 4. The highest BCUT2D eigenvalue weighted by Crippen LogP contribution is 2.30. The van der Waals surface area contributed by atoms with Gasteiger partial charge in [0.25, 0.3) is 0 Å². The molecule has 2 heterocycles. The lowest BCUT2D eigenvalue weighted by molar-refractivity contribution is 0.445. The van der Waals surface area contributed by atoms with Crippen LogP contribution in [0, 0.1) is 11.3 Å². The van der Waals surface area contributed by atoms with E-state index >= 15 is 0 Å². The SMILES string of the molecule is N#Cc1ccnc(Oc2ccc(N)c3cccnc23)n1. The van der Waals surface area contributed by atoms with Crippen molar-refractivity contribution in [2.24, 2.45) is 0 Å². The van der Waals surface area contributed by atoms with Gasteiger partial charge in [-0.05, 0) is 30.3 Å². The summed E-state index contributed by atoms with van der Waals surface area (Å²) in [6.45, 7) is 0. The zero-order valence-corrected chi connectivity index (χ0v) is 10.3. The summed E-state index contributed by atoms with van der Waals surface area (Å²) in [5.41, 5.74) is 7.37. The Bertz CT molecular complexity index is 825. The Morgan fingerprint density at radius 3 is 2.85 bits per heavy atom. The molecular weight excluding hydrogens is 254 g/mol. The van der Waals surface area contributed by atoms with E-state index in [2.05, 4.69) is 15.0 Å². The molecule has 0 amide bonds. The summed E-state index contributed by atoms with van der Waals surface area (Å²) in [7, 11) is 0. The summed E-state index contributed by atoms with van der Waals surface area (Å²) in [6.07, 6.45) is 3.12. The van der Waals surface area contributed by atoms with Gasteiger partial charge in [-0.3, -0.25) is 4.98 Å². The molecule has 6 nitrogen and oxygen atoms in total. The van der Waals surface area contributed by atoms with Gasteiger partial charge in [-0.15, -0.1) is 0 Å². The number of hydrogen-bond acceptors (Lipinski definition) is 6. The van der Waals surface area contributed by atoms with Gasteiger partial charge in [-0.25, -0.2) is 4.98 Å². The van der Waals surface area contributed by atoms with Crippen LogP contribution in [0.15, 0.2) is 42.7 Å². The number of aromatic nitrogens is 3. The van der Waals surface area contributed by atoms with E-state index in [-0.39, 0.29) is 11.7 Å². The first-order valence-electron chi connectivity index (χ1n) is 5.82. The maximum Gasteiger partial charge on any atom is 0.323 e. The first-order valence-corrected chi connectivity index (χ1v) is 5.82. The molecule has 2 N–H and O–H groups in total. The number of nitriles is 1. The lowest BCUT2D eigenvalue weighted by Crippen LogP contribution is -1.96. The first-order chi connectivity index (χ1) is 9.78. The Hall–Kier alpha value is -3.20. The number of pyridine rings is 1. The van der Waals surface area contributed by atoms with E-state index in [1.165, 1.54) is 12.3 Å². The minimum Gasteiger partial charge on any atom is -0.422 e. The van der Waals surface area contributed by atoms with Gasteiger partial charge >= 0.3 is 6.01 Å². The van der Waals surface area contributed by atoms with Crippen molar-refractivity contribution < 1.29 is 4.74 Å². The van der Waals surface area contributed by atoms with Crippen molar-refractivity contribution in [3.05, 3.63) is 48.4 Å². The van der Waals surface area contributed by atoms with E-state index in [4.69, 9.17) is 15.7 Å². The molecule has 0 aliphatic carbocycles. The molecule has 3 aromatic rings. The van der Waals surface area contributed by atoms with Crippen molar-refractivity contribution in [1.29, 1.82) is 5.26 Å². The second-order valence-electron chi connectivity index (χ2n) is 3.99. The average molecular weight is 263 g/mol. The summed E-state index contributed by atoms with van der Waals surface area (Å²) < 4.78 is 5.60. The lowest BCUT2D eigenvalue weighted by atomic mass is 10.2. The fraction of sp³-hybridized carbons (Fsp3) is 0. The highest BCUT2D eigenvalue weighted by Gasteiger charge is 2.09. The monoisotopic (exact) mass is 263 g/mol. The van der Waals surface area contributed by atoms with Crippen LogP contribution in [-0.4, -0.2) is 15.0 Å². The smallest absolute Gasteiger partial charge is 0.323 e. The normalized spacial score (nSPS) is 10.2. The minimum atomic E-state index is 0.0979. The van der Waals surface area contributed by atoms with E-state index in [9.17, 15) is 0 Å². The van der Waals surface area contributed by atoms with Gasteiger partial charge in [0.15, 0.2) is 5.75 Å². The first kappa shape index (κ1) is 11.9. The number of rotatable bonds is 2. The van der Waals surface area contributed by atoms with Crippen molar-refractivity contribution in [2.75, 3.05) is 5.73 Å². The standard InChI is InChI=1S/C14H9N5O/c15-8-9-5-7-18-14(19-9)20-12-4-3-11(16)10-2-1-6-17-13(10)12/h1-7H,16H2. The van der Waals surface area contributed by atoms with Gasteiger partial charge < -0.3 is 10.5 Å². The molecule has 0 saturated heterocycles. The van der Waals surface area contributed by atoms with Crippen molar-refractivity contribution >= 4 is 16.6 Å². The zero-order valence-electron chi connectivity index (χ0n) is 10.3. The molecule has 20 heavy (non-hydrogen) atoms. The van der Waals surface area contributed by atoms with Crippen molar-refractivity contribution in [2.45, 2.75) is 0 Å². The van der Waals surface area contributed by atoms with Crippen LogP contribution < -0.4 is 10.5 Å². The maximum atomic E-state index is 8.81. The number of benzene rings is 1. The van der Waals surface area contributed by atoms with Crippen LogP contribution in [0.1, 0.15) is 5.69 Å². The van der Waals surface area contributed by atoms with Crippen molar-refractivity contribution in [3.8, 4) is 17.8 Å². The molecule has 0 spiro atoms. The molecule has 0 aliphatic rings. The Labute approximate surface area is 114 Å². The van der Waals surface area contributed by atoms with Crippen LogP contribution >= 0.6 is 0 Å². The summed E-state index contributed by atoms with van der Waals surface area (Å²) in [4.78, 5) is 12.2. The average Bonchev–Trinajstić information content (AvgIpc) is 2.51. The summed E-state index contributed by atoms with van der Waals surface area (Å²) >= 11 is 0. The molecule has 1 aromatic carbocycles. The third kappa shape index (κ3) is 2.08. The van der Waals surface area contributed by atoms with Crippen LogP contribution in [0.5, 0.6) is 11.8 Å². The number of nitrogens with two attached hydrogens (primary N) is 1. The van der Waals surface area contributed by atoms with Gasteiger partial charge in [-0.1, -0.05) is 0 Å². The van der Waals surface area contributed by atoms with Crippen molar-refractivity contribution in [3.63, 3.8) is 0 Å². The molecule has 0 unspecified atom stereocenters. The van der Waals surface area contributed by atoms with Crippen LogP contribution in [0.25, 0.3) is 10.9 Å². The third-order valence-electron chi connectivity index (χ3n) is 2.72. The quantitative estimate of drug-likeness (QED) is 0.712. The molecule has 0 aliphatic heterocycles. The number of fused-ring (bicyclic) bond motifs is 1. The maximum absolute atomic E-state index is 8.81. The summed E-state index contributed by atoms with van der Waals surface area (Å²) in [5, 5.41) is 9.60. The third-order valence-corrected chi connectivity index (χ3v) is 2.72. The fourth-order valence-corrected chi connectivity index (χ4v) is 1.80. The minimum absolute atomic E-state index is 0.0979. The predicted octanol–water partition coefficient (Wildman–Crippen LogP) is 2.27. The van der Waals surface area contributed by atoms with Gasteiger partial charge in [-0.2, -0.15) is 10.2 Å². The predicted molar refractivity (Wildman–Crippen MR) is 73.0 cm³/mol. The molecule has 0 saturated carbocycles. The van der Waals surface area contributed by atoms with E-state index in [0.29, 0.717) is 17.0 Å². The van der Waals surface area contributed by atoms with Gasteiger partial charge in [0.1, 0.15) is 17.3 Å². The van der Waals surface area contributed by atoms with E-state index in [0.717, 1.165) is 5.39 Å². The number of anilines is 1. The molecule has 2 aromatic heterocycles. The molecule has 0 fully saturated rings. The van der Waals surface area contributed by atoms with E-state index < -0.39 is 0 Å². The number of ether oxygens (including phenoxy) is 1. The van der Waals surface area contributed by atoms with E-state index in [1.807, 2.05) is 12.1 Å². The Morgan fingerprint density at radius 2 is 2.00 bits per heavy atom. The fourth-order valence-electron chi connectivity index (χ4n) is 1.80. The Balaban J connectivity index is 2.07. The van der Waals surface area contributed by atoms with Crippen LogP contribution in [0.4, 0.5) is 5.69 Å². The number of hydrogen-bond donors (Lipinski definition) is 1. The van der Waals surface area contributed by atoms with Gasteiger partial charge in [0.2, 0.25) is 0 Å². The molecular formula is C14H9N5O. The second kappa shape index (κ2) is 4.82.